The van der Waals surface area contributed by atoms with Crippen molar-refractivity contribution in [2.24, 2.45) is 0 Å². The molecule has 28 heavy (non-hydrogen) atoms. The Morgan fingerprint density at radius 2 is 1.29 bits per heavy atom. The van der Waals surface area contributed by atoms with Gasteiger partial charge in [0.2, 0.25) is 0 Å². The van der Waals surface area contributed by atoms with Crippen LogP contribution in [-0.4, -0.2) is 15.8 Å². The van der Waals surface area contributed by atoms with E-state index in [-0.39, 0.29) is 5.78 Å². The van der Waals surface area contributed by atoms with Crippen LogP contribution in [0.15, 0.2) is 97.2 Å². The van der Waals surface area contributed by atoms with Gasteiger partial charge in [-0.1, -0.05) is 78.9 Å². The van der Waals surface area contributed by atoms with Crippen molar-refractivity contribution in [3.05, 3.63) is 108 Å². The predicted octanol–water partition coefficient (Wildman–Crippen LogP) is 5.59. The molecule has 0 bridgehead atoms. The molecule has 1 heterocycles. The SMILES string of the molecule is O=C(C=Cc1ccccc1)C=Cc1ccc(-c2cnc3ccccc3n2)cc1. The first-order valence-electron chi connectivity index (χ1n) is 9.05. The van der Waals surface area contributed by atoms with Crippen LogP contribution in [-0.2, 0) is 4.79 Å². The molecule has 0 N–H and O–H groups in total. The highest BCUT2D eigenvalue weighted by molar-refractivity contribution is 6.04. The third-order valence-electron chi connectivity index (χ3n) is 4.33. The second kappa shape index (κ2) is 8.23. The zero-order chi connectivity index (χ0) is 19.2. The fourth-order valence-electron chi connectivity index (χ4n) is 2.84. The van der Waals surface area contributed by atoms with Crippen LogP contribution in [0.5, 0.6) is 0 Å². The van der Waals surface area contributed by atoms with Crippen molar-refractivity contribution in [3.8, 4) is 11.3 Å². The van der Waals surface area contributed by atoms with Crippen LogP contribution in [0.2, 0.25) is 0 Å². The number of nitrogens with zero attached hydrogens (tertiary/aromatic N) is 2. The van der Waals surface area contributed by atoms with E-state index in [1.807, 2.05) is 91.0 Å². The molecule has 1 aromatic heterocycles. The van der Waals surface area contributed by atoms with E-state index in [0.717, 1.165) is 33.4 Å². The van der Waals surface area contributed by atoms with Crippen molar-refractivity contribution in [1.29, 1.82) is 0 Å². The fraction of sp³-hybridized carbons (Fsp3) is 0. The summed E-state index contributed by atoms with van der Waals surface area (Å²) in [4.78, 5) is 21.1. The van der Waals surface area contributed by atoms with Gasteiger partial charge in [0, 0.05) is 5.56 Å². The van der Waals surface area contributed by atoms with Gasteiger partial charge < -0.3 is 0 Å². The normalized spacial score (nSPS) is 11.4. The van der Waals surface area contributed by atoms with Gasteiger partial charge in [-0.05, 0) is 35.4 Å². The van der Waals surface area contributed by atoms with Gasteiger partial charge in [-0.15, -0.1) is 0 Å². The van der Waals surface area contributed by atoms with Crippen molar-refractivity contribution in [2.75, 3.05) is 0 Å². The Labute approximate surface area is 163 Å². The standard InChI is InChI=1S/C25H18N2O/c28-22(16-12-19-6-2-1-3-7-19)17-13-20-10-14-21(15-11-20)25-18-26-23-8-4-5-9-24(23)27-25/h1-18H. The summed E-state index contributed by atoms with van der Waals surface area (Å²) in [5.41, 5.74) is 5.54. The molecule has 4 rings (SSSR count). The van der Waals surface area contributed by atoms with Gasteiger partial charge in [0.25, 0.3) is 0 Å². The minimum absolute atomic E-state index is 0.0478. The third-order valence-corrected chi connectivity index (χ3v) is 4.33. The lowest BCUT2D eigenvalue weighted by Crippen LogP contribution is -1.88. The van der Waals surface area contributed by atoms with Gasteiger partial charge in [-0.3, -0.25) is 9.78 Å². The second-order valence-electron chi connectivity index (χ2n) is 6.35. The van der Waals surface area contributed by atoms with Crippen molar-refractivity contribution < 1.29 is 4.79 Å². The monoisotopic (exact) mass is 362 g/mol. The molecular formula is C25H18N2O. The lowest BCUT2D eigenvalue weighted by atomic mass is 10.1. The summed E-state index contributed by atoms with van der Waals surface area (Å²) in [7, 11) is 0. The smallest absolute Gasteiger partial charge is 0.178 e. The molecule has 0 fully saturated rings. The van der Waals surface area contributed by atoms with Gasteiger partial charge in [0.1, 0.15) is 0 Å². The average Bonchev–Trinajstić information content (AvgIpc) is 2.77. The molecule has 3 nitrogen and oxygen atoms in total. The fourth-order valence-corrected chi connectivity index (χ4v) is 2.84. The Hall–Kier alpha value is -3.85. The first kappa shape index (κ1) is 17.6. The highest BCUT2D eigenvalue weighted by Crippen LogP contribution is 2.20. The lowest BCUT2D eigenvalue weighted by Gasteiger charge is -2.03. The summed E-state index contributed by atoms with van der Waals surface area (Å²) in [6.07, 6.45) is 8.56. The Balaban J connectivity index is 1.46. The molecule has 134 valence electrons. The number of para-hydroxylation sites is 2. The maximum absolute atomic E-state index is 12.0. The van der Waals surface area contributed by atoms with Crippen LogP contribution in [0, 0.1) is 0 Å². The van der Waals surface area contributed by atoms with E-state index < -0.39 is 0 Å². The minimum Gasteiger partial charge on any atom is -0.290 e. The van der Waals surface area contributed by atoms with Crippen LogP contribution < -0.4 is 0 Å². The molecule has 0 spiro atoms. The number of rotatable bonds is 5. The summed E-state index contributed by atoms with van der Waals surface area (Å²) in [6.45, 7) is 0. The number of aromatic nitrogens is 2. The van der Waals surface area contributed by atoms with Gasteiger partial charge in [0.15, 0.2) is 5.78 Å². The third kappa shape index (κ3) is 4.27. The van der Waals surface area contributed by atoms with Crippen molar-refractivity contribution in [2.45, 2.75) is 0 Å². The summed E-state index contributed by atoms with van der Waals surface area (Å²) in [6, 6.07) is 25.5. The van der Waals surface area contributed by atoms with E-state index in [4.69, 9.17) is 0 Å². The molecule has 0 aliphatic rings. The Kier molecular flexibility index (Phi) is 5.16. The number of carbonyl (C=O) groups is 1. The first-order chi connectivity index (χ1) is 13.8. The molecule has 0 aliphatic carbocycles. The topological polar surface area (TPSA) is 42.9 Å². The molecule has 4 aromatic rings. The number of carbonyl (C=O) groups excluding carboxylic acids is 1. The Bertz CT molecular complexity index is 1160. The highest BCUT2D eigenvalue weighted by atomic mass is 16.1. The maximum atomic E-state index is 12.0. The number of allylic oxidation sites excluding steroid dienone is 2. The predicted molar refractivity (Wildman–Crippen MR) is 114 cm³/mol. The maximum Gasteiger partial charge on any atom is 0.178 e. The van der Waals surface area contributed by atoms with Crippen molar-refractivity contribution in [1.82, 2.24) is 9.97 Å². The van der Waals surface area contributed by atoms with Gasteiger partial charge in [-0.25, -0.2) is 4.98 Å². The van der Waals surface area contributed by atoms with E-state index in [9.17, 15) is 4.79 Å². The zero-order valence-electron chi connectivity index (χ0n) is 15.2. The minimum atomic E-state index is -0.0478. The van der Waals surface area contributed by atoms with E-state index >= 15 is 0 Å². The van der Waals surface area contributed by atoms with Crippen molar-refractivity contribution >= 4 is 29.0 Å². The molecule has 0 saturated carbocycles. The lowest BCUT2D eigenvalue weighted by molar-refractivity contribution is -0.110. The number of fused-ring (bicyclic) bond motifs is 1. The molecule has 0 aliphatic heterocycles. The molecule has 3 aromatic carbocycles. The Morgan fingerprint density at radius 1 is 0.679 bits per heavy atom. The van der Waals surface area contributed by atoms with Gasteiger partial charge in [-0.2, -0.15) is 0 Å². The number of ketones is 1. The molecule has 0 atom stereocenters. The van der Waals surface area contributed by atoms with Crippen LogP contribution in [0.3, 0.4) is 0 Å². The summed E-state index contributed by atoms with van der Waals surface area (Å²) in [5.74, 6) is -0.0478. The molecule has 0 radical (unpaired) electrons. The molecular weight excluding hydrogens is 344 g/mol. The van der Waals surface area contributed by atoms with Crippen LogP contribution >= 0.6 is 0 Å². The zero-order valence-corrected chi connectivity index (χ0v) is 15.2. The molecule has 0 saturated heterocycles. The highest BCUT2D eigenvalue weighted by Gasteiger charge is 2.02. The van der Waals surface area contributed by atoms with Gasteiger partial charge in [0.05, 0.1) is 22.9 Å². The van der Waals surface area contributed by atoms with E-state index in [1.54, 1.807) is 18.3 Å². The Morgan fingerprint density at radius 3 is 2.00 bits per heavy atom. The van der Waals surface area contributed by atoms with Crippen LogP contribution in [0.25, 0.3) is 34.4 Å². The largest absolute Gasteiger partial charge is 0.290 e. The number of hydrogen-bond donors (Lipinski definition) is 0. The molecule has 0 amide bonds. The van der Waals surface area contributed by atoms with E-state index in [1.165, 1.54) is 0 Å². The summed E-state index contributed by atoms with van der Waals surface area (Å²) >= 11 is 0. The van der Waals surface area contributed by atoms with Gasteiger partial charge >= 0.3 is 0 Å². The quantitative estimate of drug-likeness (QED) is 0.435. The average molecular weight is 362 g/mol. The van der Waals surface area contributed by atoms with Crippen LogP contribution in [0.1, 0.15) is 11.1 Å². The second-order valence-corrected chi connectivity index (χ2v) is 6.35. The van der Waals surface area contributed by atoms with E-state index in [0.29, 0.717) is 0 Å². The van der Waals surface area contributed by atoms with Crippen molar-refractivity contribution in [3.63, 3.8) is 0 Å². The number of hydrogen-bond acceptors (Lipinski definition) is 3. The van der Waals surface area contributed by atoms with E-state index in [2.05, 4.69) is 9.97 Å². The summed E-state index contributed by atoms with van der Waals surface area (Å²) in [5, 5.41) is 0. The number of benzene rings is 3. The first-order valence-corrected chi connectivity index (χ1v) is 9.05. The molecule has 3 heteroatoms. The summed E-state index contributed by atoms with van der Waals surface area (Å²) < 4.78 is 0. The molecule has 0 unspecified atom stereocenters. The van der Waals surface area contributed by atoms with Crippen LogP contribution in [0.4, 0.5) is 0 Å².